The molecule has 0 radical (unpaired) electrons. The molecule has 11 heteroatoms. The number of sulfonamides is 1. The first-order valence-electron chi connectivity index (χ1n) is 7.31. The maximum atomic E-state index is 12.4. The first-order chi connectivity index (χ1) is 12.2. The molecule has 0 spiro atoms. The van der Waals surface area contributed by atoms with Crippen molar-refractivity contribution in [2.24, 2.45) is 0 Å². The second-order valence-electron chi connectivity index (χ2n) is 4.94. The fourth-order valence-corrected chi connectivity index (χ4v) is 3.01. The summed E-state index contributed by atoms with van der Waals surface area (Å²) in [5, 5.41) is 0. The van der Waals surface area contributed by atoms with E-state index in [0.717, 1.165) is 14.0 Å². The Bertz CT molecular complexity index is 743. The van der Waals surface area contributed by atoms with E-state index in [4.69, 9.17) is 4.74 Å². The van der Waals surface area contributed by atoms with Gasteiger partial charge in [-0.25, -0.2) is 27.8 Å². The lowest BCUT2D eigenvalue weighted by atomic mass is 10.2. The molecule has 1 aromatic carbocycles. The number of rotatable bonds is 8. The molecule has 0 aromatic heterocycles. The lowest BCUT2D eigenvalue weighted by Crippen LogP contribution is -2.41. The van der Waals surface area contributed by atoms with E-state index >= 15 is 0 Å². The van der Waals surface area contributed by atoms with E-state index in [-0.39, 0.29) is 11.3 Å². The molecule has 0 unspecified atom stereocenters. The van der Waals surface area contributed by atoms with Gasteiger partial charge in [-0.3, -0.25) is 4.79 Å². The Hall–Kier alpha value is -2.66. The Kier molecular flexibility index (Phi) is 8.00. The number of methoxy groups -OCH3 is 2. The minimum atomic E-state index is -4.06. The molecule has 0 bridgehead atoms. The third kappa shape index (κ3) is 6.69. The Balaban J connectivity index is 2.80. The standard InChI is InChI=1S/C15H19NO9S/c1-10(17)24-25-14(18)9-8-13(15(19)23-3)16-26(20,21)12-6-4-11(22-2)5-7-12/h4-7,13,16H,8-9H2,1-3H3/t13-/m1/s1. The van der Waals surface area contributed by atoms with Crippen molar-refractivity contribution in [2.45, 2.75) is 30.7 Å². The molecule has 0 heterocycles. The third-order valence-corrected chi connectivity index (χ3v) is 4.53. The predicted molar refractivity (Wildman–Crippen MR) is 86.2 cm³/mol. The van der Waals surface area contributed by atoms with Crippen molar-refractivity contribution in [1.29, 1.82) is 0 Å². The number of carbonyl (C=O) groups excluding carboxylic acids is 3. The van der Waals surface area contributed by atoms with Gasteiger partial charge in [0.25, 0.3) is 0 Å². The molecule has 0 saturated carbocycles. The maximum absolute atomic E-state index is 12.4. The highest BCUT2D eigenvalue weighted by Crippen LogP contribution is 2.16. The minimum Gasteiger partial charge on any atom is -0.497 e. The van der Waals surface area contributed by atoms with Crippen LogP contribution in [0, 0.1) is 0 Å². The molecule has 1 rings (SSSR count). The van der Waals surface area contributed by atoms with Crippen molar-refractivity contribution in [3.63, 3.8) is 0 Å². The summed E-state index contributed by atoms with van der Waals surface area (Å²) in [6, 6.07) is 4.14. The van der Waals surface area contributed by atoms with Crippen molar-refractivity contribution in [3.05, 3.63) is 24.3 Å². The summed E-state index contributed by atoms with van der Waals surface area (Å²) in [5.74, 6) is -2.20. The summed E-state index contributed by atoms with van der Waals surface area (Å²) in [5.41, 5.74) is 0. The summed E-state index contributed by atoms with van der Waals surface area (Å²) >= 11 is 0. The van der Waals surface area contributed by atoms with E-state index in [2.05, 4.69) is 19.2 Å². The zero-order valence-electron chi connectivity index (χ0n) is 14.4. The predicted octanol–water partition coefficient (Wildman–Crippen LogP) is 0.317. The highest BCUT2D eigenvalue weighted by Gasteiger charge is 2.27. The van der Waals surface area contributed by atoms with Gasteiger partial charge in [0, 0.05) is 6.92 Å². The van der Waals surface area contributed by atoms with E-state index in [1.807, 2.05) is 0 Å². The number of carbonyl (C=O) groups is 3. The van der Waals surface area contributed by atoms with Gasteiger partial charge < -0.3 is 9.47 Å². The molecule has 0 aliphatic heterocycles. The lowest BCUT2D eigenvalue weighted by Gasteiger charge is -2.16. The summed E-state index contributed by atoms with van der Waals surface area (Å²) in [7, 11) is -1.55. The molecule has 26 heavy (non-hydrogen) atoms. The fourth-order valence-electron chi connectivity index (χ4n) is 1.79. The van der Waals surface area contributed by atoms with Gasteiger partial charge in [-0.2, -0.15) is 4.72 Å². The van der Waals surface area contributed by atoms with Crippen LogP contribution >= 0.6 is 0 Å². The van der Waals surface area contributed by atoms with E-state index < -0.39 is 40.4 Å². The summed E-state index contributed by atoms with van der Waals surface area (Å²) < 4.78 is 36.4. The fraction of sp³-hybridized carbons (Fsp3) is 0.400. The molecule has 144 valence electrons. The molecular formula is C15H19NO9S. The molecule has 0 amide bonds. The second kappa shape index (κ2) is 9.73. The van der Waals surface area contributed by atoms with Crippen LogP contribution in [0.1, 0.15) is 19.8 Å². The molecule has 0 aliphatic carbocycles. The molecule has 10 nitrogen and oxygen atoms in total. The average Bonchev–Trinajstić information content (AvgIpc) is 2.62. The Morgan fingerprint density at radius 2 is 1.69 bits per heavy atom. The van der Waals surface area contributed by atoms with Crippen LogP contribution in [0.25, 0.3) is 0 Å². The van der Waals surface area contributed by atoms with Crippen molar-refractivity contribution < 1.29 is 42.1 Å². The molecule has 1 N–H and O–H groups in total. The molecule has 1 aromatic rings. The summed E-state index contributed by atoms with van der Waals surface area (Å²) in [6.45, 7) is 1.04. The van der Waals surface area contributed by atoms with Crippen LogP contribution in [0.4, 0.5) is 0 Å². The summed E-state index contributed by atoms with van der Waals surface area (Å²) in [4.78, 5) is 41.9. The first kappa shape index (κ1) is 21.4. The summed E-state index contributed by atoms with van der Waals surface area (Å²) in [6.07, 6.45) is -0.652. The first-order valence-corrected chi connectivity index (χ1v) is 8.80. The van der Waals surface area contributed by atoms with Gasteiger partial charge in [0.1, 0.15) is 11.8 Å². The second-order valence-corrected chi connectivity index (χ2v) is 6.66. The number of nitrogens with one attached hydrogen (secondary N) is 1. The number of esters is 1. The minimum absolute atomic E-state index is 0.102. The third-order valence-electron chi connectivity index (χ3n) is 3.04. The molecule has 1 atom stereocenters. The van der Waals surface area contributed by atoms with Crippen LogP contribution in [0.3, 0.4) is 0 Å². The van der Waals surface area contributed by atoms with Gasteiger partial charge in [0.15, 0.2) is 0 Å². The quantitative estimate of drug-likeness (QED) is 0.379. The highest BCUT2D eigenvalue weighted by atomic mass is 32.2. The lowest BCUT2D eigenvalue weighted by molar-refractivity contribution is -0.257. The Labute approximate surface area is 150 Å². The normalized spacial score (nSPS) is 12.0. The van der Waals surface area contributed by atoms with Crippen LogP contribution in [-0.2, 0) is 38.9 Å². The van der Waals surface area contributed by atoms with E-state index in [0.29, 0.717) is 5.75 Å². The molecule has 0 fully saturated rings. The van der Waals surface area contributed by atoms with Gasteiger partial charge in [0.2, 0.25) is 10.0 Å². The number of hydrogen-bond donors (Lipinski definition) is 1. The molecule has 0 aliphatic rings. The van der Waals surface area contributed by atoms with Gasteiger partial charge in [-0.05, 0) is 30.7 Å². The van der Waals surface area contributed by atoms with Crippen LogP contribution in [0.2, 0.25) is 0 Å². The van der Waals surface area contributed by atoms with Crippen LogP contribution in [-0.4, -0.2) is 46.6 Å². The SMILES string of the molecule is COC(=O)[C@@H](CCC(=O)OOC(C)=O)NS(=O)(=O)c1ccc(OC)cc1. The monoisotopic (exact) mass is 389 g/mol. The van der Waals surface area contributed by atoms with Crippen molar-refractivity contribution >= 4 is 27.9 Å². The zero-order chi connectivity index (χ0) is 19.7. The average molecular weight is 389 g/mol. The van der Waals surface area contributed by atoms with Crippen molar-refractivity contribution in [2.75, 3.05) is 14.2 Å². The van der Waals surface area contributed by atoms with Crippen LogP contribution < -0.4 is 9.46 Å². The largest absolute Gasteiger partial charge is 0.497 e. The van der Waals surface area contributed by atoms with Crippen LogP contribution in [0.15, 0.2) is 29.2 Å². The number of hydrogen-bond acceptors (Lipinski definition) is 9. The van der Waals surface area contributed by atoms with E-state index in [1.165, 1.54) is 31.4 Å². The molecule has 0 saturated heterocycles. The van der Waals surface area contributed by atoms with Gasteiger partial charge in [0.05, 0.1) is 25.5 Å². The van der Waals surface area contributed by atoms with E-state index in [1.54, 1.807) is 0 Å². The van der Waals surface area contributed by atoms with Gasteiger partial charge >= 0.3 is 17.9 Å². The topological polar surface area (TPSA) is 134 Å². The number of benzene rings is 1. The Morgan fingerprint density at radius 1 is 1.08 bits per heavy atom. The zero-order valence-corrected chi connectivity index (χ0v) is 15.2. The van der Waals surface area contributed by atoms with Crippen LogP contribution in [0.5, 0.6) is 5.75 Å². The van der Waals surface area contributed by atoms with Crippen molar-refractivity contribution in [1.82, 2.24) is 4.72 Å². The molecular weight excluding hydrogens is 370 g/mol. The number of ether oxygens (including phenoxy) is 2. The highest BCUT2D eigenvalue weighted by molar-refractivity contribution is 7.89. The van der Waals surface area contributed by atoms with Crippen molar-refractivity contribution in [3.8, 4) is 5.75 Å². The van der Waals surface area contributed by atoms with Gasteiger partial charge in [-0.1, -0.05) is 0 Å². The van der Waals surface area contributed by atoms with Gasteiger partial charge in [-0.15, -0.1) is 0 Å². The Morgan fingerprint density at radius 3 is 2.19 bits per heavy atom. The maximum Gasteiger partial charge on any atom is 0.355 e. The smallest absolute Gasteiger partial charge is 0.355 e. The van der Waals surface area contributed by atoms with E-state index in [9.17, 15) is 22.8 Å².